The number of nitrogens with one attached hydrogen (secondary N) is 1. The predicted molar refractivity (Wildman–Crippen MR) is 124 cm³/mol. The first-order valence-corrected chi connectivity index (χ1v) is 11.9. The zero-order valence-corrected chi connectivity index (χ0v) is 19.0. The maximum Gasteiger partial charge on any atom is 0.308 e. The van der Waals surface area contributed by atoms with Gasteiger partial charge in [-0.1, -0.05) is 30.3 Å². The number of carbonyl (C=O) groups excluding carboxylic acids is 2. The van der Waals surface area contributed by atoms with Crippen LogP contribution in [0.1, 0.15) is 42.2 Å². The summed E-state index contributed by atoms with van der Waals surface area (Å²) in [5.41, 5.74) is 2.15. The van der Waals surface area contributed by atoms with E-state index in [-0.39, 0.29) is 24.4 Å². The first-order valence-electron chi connectivity index (χ1n) is 11.0. The molecule has 0 spiro atoms. The first-order chi connectivity index (χ1) is 15.5. The van der Waals surface area contributed by atoms with Gasteiger partial charge in [0.2, 0.25) is 0 Å². The monoisotopic (exact) mass is 453 g/mol. The van der Waals surface area contributed by atoms with Crippen LogP contribution in [0, 0.1) is 0 Å². The Morgan fingerprint density at radius 1 is 1.22 bits per heavy atom. The van der Waals surface area contributed by atoms with Crippen LogP contribution in [0.5, 0.6) is 0 Å². The van der Waals surface area contributed by atoms with E-state index in [1.807, 2.05) is 30.3 Å². The molecule has 0 saturated carbocycles. The highest BCUT2D eigenvalue weighted by molar-refractivity contribution is 7.18. The van der Waals surface area contributed by atoms with Crippen LogP contribution in [0.25, 0.3) is 10.2 Å². The quantitative estimate of drug-likeness (QED) is 0.530. The van der Waals surface area contributed by atoms with Gasteiger partial charge in [-0.05, 0) is 50.2 Å². The minimum atomic E-state index is -0.889. The van der Waals surface area contributed by atoms with Crippen LogP contribution in [0.2, 0.25) is 0 Å². The van der Waals surface area contributed by atoms with Crippen molar-refractivity contribution in [3.8, 4) is 0 Å². The number of aryl methyl sites for hydroxylation is 3. The number of carbonyl (C=O) groups is 2. The van der Waals surface area contributed by atoms with Crippen molar-refractivity contribution in [2.45, 2.75) is 58.1 Å². The number of hydrogen-bond donors (Lipinski definition) is 1. The summed E-state index contributed by atoms with van der Waals surface area (Å²) in [6.45, 7) is 2.19. The lowest BCUT2D eigenvalue weighted by atomic mass is 9.97. The van der Waals surface area contributed by atoms with Crippen molar-refractivity contribution in [2.24, 2.45) is 0 Å². The maximum absolute atomic E-state index is 13.0. The molecule has 7 nitrogen and oxygen atoms in total. The molecule has 1 N–H and O–H groups in total. The van der Waals surface area contributed by atoms with Crippen LogP contribution >= 0.6 is 11.3 Å². The van der Waals surface area contributed by atoms with E-state index in [4.69, 9.17) is 4.74 Å². The minimum absolute atomic E-state index is 0.00105. The van der Waals surface area contributed by atoms with Gasteiger partial charge in [-0.2, -0.15) is 0 Å². The summed E-state index contributed by atoms with van der Waals surface area (Å²) in [5, 5.41) is 3.49. The third kappa shape index (κ3) is 5.07. The van der Waals surface area contributed by atoms with Gasteiger partial charge in [0, 0.05) is 18.0 Å². The lowest BCUT2D eigenvalue weighted by Crippen LogP contribution is -2.37. The average molecular weight is 454 g/mol. The predicted octanol–water partition coefficient (Wildman–Crippen LogP) is 3.02. The Kier molecular flexibility index (Phi) is 6.99. The lowest BCUT2D eigenvalue weighted by Gasteiger charge is -2.14. The van der Waals surface area contributed by atoms with Crippen LogP contribution in [0.15, 0.2) is 41.5 Å². The number of hydrogen-bond acceptors (Lipinski definition) is 6. The zero-order valence-electron chi connectivity index (χ0n) is 18.1. The molecule has 1 aliphatic carbocycles. The molecule has 32 heavy (non-hydrogen) atoms. The molecule has 2 aromatic heterocycles. The number of ether oxygens (including phenoxy) is 1. The molecule has 8 heteroatoms. The van der Waals surface area contributed by atoms with E-state index in [9.17, 15) is 14.4 Å². The Morgan fingerprint density at radius 2 is 2.00 bits per heavy atom. The molecule has 1 atom stereocenters. The highest BCUT2D eigenvalue weighted by Crippen LogP contribution is 2.33. The van der Waals surface area contributed by atoms with E-state index >= 15 is 0 Å². The van der Waals surface area contributed by atoms with E-state index in [1.54, 1.807) is 18.3 Å². The normalized spacial score (nSPS) is 14.0. The van der Waals surface area contributed by atoms with Gasteiger partial charge >= 0.3 is 5.97 Å². The van der Waals surface area contributed by atoms with Gasteiger partial charge in [-0.3, -0.25) is 19.0 Å². The molecule has 1 aromatic carbocycles. The Balaban J connectivity index is 1.29. The van der Waals surface area contributed by atoms with E-state index in [1.165, 1.54) is 15.8 Å². The molecular weight excluding hydrogens is 426 g/mol. The summed E-state index contributed by atoms with van der Waals surface area (Å²) < 4.78 is 6.72. The first kappa shape index (κ1) is 22.2. The van der Waals surface area contributed by atoms with Crippen LogP contribution in [0.3, 0.4) is 0 Å². The molecule has 1 amide bonds. The van der Waals surface area contributed by atoms with Crippen LogP contribution in [-0.4, -0.2) is 34.1 Å². The van der Waals surface area contributed by atoms with Crippen molar-refractivity contribution < 1.29 is 14.3 Å². The van der Waals surface area contributed by atoms with Crippen molar-refractivity contribution in [1.29, 1.82) is 0 Å². The lowest BCUT2D eigenvalue weighted by molar-refractivity contribution is -0.155. The second-order valence-electron chi connectivity index (χ2n) is 8.04. The van der Waals surface area contributed by atoms with Gasteiger partial charge in [-0.15, -0.1) is 11.3 Å². The molecule has 0 bridgehead atoms. The number of thiophene rings is 1. The Hall–Kier alpha value is -3.00. The van der Waals surface area contributed by atoms with E-state index in [0.717, 1.165) is 41.6 Å². The Bertz CT molecular complexity index is 1170. The molecule has 1 unspecified atom stereocenters. The third-order valence-corrected chi connectivity index (χ3v) is 6.93. The average Bonchev–Trinajstić information content (AvgIpc) is 3.18. The fourth-order valence-electron chi connectivity index (χ4n) is 3.98. The second kappa shape index (κ2) is 10.1. The maximum atomic E-state index is 13.0. The number of esters is 1. The zero-order chi connectivity index (χ0) is 22.5. The van der Waals surface area contributed by atoms with Crippen LogP contribution in [-0.2, 0) is 40.1 Å². The van der Waals surface area contributed by atoms with Gasteiger partial charge in [0.1, 0.15) is 4.83 Å². The van der Waals surface area contributed by atoms with Crippen molar-refractivity contribution in [3.63, 3.8) is 0 Å². The molecule has 1 aliphatic rings. The molecule has 4 rings (SSSR count). The Labute approximate surface area is 190 Å². The minimum Gasteiger partial charge on any atom is -0.452 e. The van der Waals surface area contributed by atoms with Crippen molar-refractivity contribution >= 4 is 33.4 Å². The number of aromatic nitrogens is 2. The summed E-state index contributed by atoms with van der Waals surface area (Å²) in [4.78, 5) is 43.9. The van der Waals surface area contributed by atoms with Gasteiger partial charge in [-0.25, -0.2) is 4.98 Å². The highest BCUT2D eigenvalue weighted by atomic mass is 32.1. The number of rotatable bonds is 8. The number of benzene rings is 1. The SMILES string of the molecule is CC(OC(=O)CCn1cnc2sc3c(c2c1=O)CCCC3)C(=O)NCCc1ccccc1. The smallest absolute Gasteiger partial charge is 0.308 e. The van der Waals surface area contributed by atoms with E-state index in [2.05, 4.69) is 10.3 Å². The third-order valence-electron chi connectivity index (χ3n) is 5.73. The van der Waals surface area contributed by atoms with E-state index in [0.29, 0.717) is 18.4 Å². The molecule has 2 heterocycles. The van der Waals surface area contributed by atoms with Gasteiger partial charge in [0.15, 0.2) is 6.10 Å². The molecule has 0 aliphatic heterocycles. The van der Waals surface area contributed by atoms with Crippen molar-refractivity contribution in [2.75, 3.05) is 6.54 Å². The van der Waals surface area contributed by atoms with Gasteiger partial charge in [0.05, 0.1) is 18.1 Å². The molecule has 3 aromatic rings. The molecule has 168 valence electrons. The highest BCUT2D eigenvalue weighted by Gasteiger charge is 2.21. The summed E-state index contributed by atoms with van der Waals surface area (Å²) in [6, 6.07) is 9.84. The topological polar surface area (TPSA) is 90.3 Å². The van der Waals surface area contributed by atoms with Crippen LogP contribution < -0.4 is 10.9 Å². The van der Waals surface area contributed by atoms with E-state index < -0.39 is 12.1 Å². The largest absolute Gasteiger partial charge is 0.452 e. The fourth-order valence-corrected chi connectivity index (χ4v) is 5.20. The fraction of sp³-hybridized carbons (Fsp3) is 0.417. The number of fused-ring (bicyclic) bond motifs is 3. The summed E-state index contributed by atoms with van der Waals surface area (Å²) in [5.74, 6) is -0.852. The number of amides is 1. The van der Waals surface area contributed by atoms with Gasteiger partial charge in [0.25, 0.3) is 11.5 Å². The second-order valence-corrected chi connectivity index (χ2v) is 9.13. The molecule has 0 radical (unpaired) electrons. The summed E-state index contributed by atoms with van der Waals surface area (Å²) in [7, 11) is 0. The number of nitrogens with zero attached hydrogens (tertiary/aromatic N) is 2. The molecular formula is C24H27N3O4S. The van der Waals surface area contributed by atoms with Crippen molar-refractivity contribution in [3.05, 3.63) is 63.0 Å². The summed E-state index contributed by atoms with van der Waals surface area (Å²) >= 11 is 1.60. The summed E-state index contributed by atoms with van der Waals surface area (Å²) in [6.07, 6.45) is 5.48. The molecule has 0 fully saturated rings. The van der Waals surface area contributed by atoms with Gasteiger partial charge < -0.3 is 10.1 Å². The Morgan fingerprint density at radius 3 is 2.81 bits per heavy atom. The molecule has 0 saturated heterocycles. The van der Waals surface area contributed by atoms with Crippen LogP contribution in [0.4, 0.5) is 0 Å². The standard InChI is InChI=1S/C24H27N3O4S/c1-16(22(29)25-13-11-17-7-3-2-4-8-17)31-20(28)12-14-27-15-26-23-21(24(27)30)18-9-5-6-10-19(18)32-23/h2-4,7-8,15-16H,5-6,9-14H2,1H3,(H,25,29). The van der Waals surface area contributed by atoms with Crippen molar-refractivity contribution in [1.82, 2.24) is 14.9 Å².